The molecule has 2 aromatic rings. The molecule has 0 aliphatic carbocycles. The molecule has 186 valence electrons. The Hall–Kier alpha value is -2.27. The third kappa shape index (κ3) is 7.36. The molecule has 0 amide bonds. The van der Waals surface area contributed by atoms with Gasteiger partial charge < -0.3 is 24.6 Å². The van der Waals surface area contributed by atoms with Crippen LogP contribution in [0.15, 0.2) is 36.4 Å². The van der Waals surface area contributed by atoms with Crippen molar-refractivity contribution in [1.29, 1.82) is 0 Å². The van der Waals surface area contributed by atoms with Crippen molar-refractivity contribution in [3.05, 3.63) is 52.1 Å². The highest BCUT2D eigenvalue weighted by atomic mass is 35.5. The quantitative estimate of drug-likeness (QED) is 0.567. The number of carboxylic acids is 1. The van der Waals surface area contributed by atoms with Gasteiger partial charge in [0.05, 0.1) is 0 Å². The summed E-state index contributed by atoms with van der Waals surface area (Å²) >= 11 is 11.9. The highest BCUT2D eigenvalue weighted by Gasteiger charge is 2.42. The first-order valence-corrected chi connectivity index (χ1v) is 11.1. The van der Waals surface area contributed by atoms with Gasteiger partial charge in [0, 0.05) is 50.0 Å². The molecule has 1 atom stereocenters. The van der Waals surface area contributed by atoms with Crippen molar-refractivity contribution >= 4 is 29.2 Å². The monoisotopic (exact) mass is 522 g/mol. The highest BCUT2D eigenvalue weighted by Crippen LogP contribution is 2.41. The second kappa shape index (κ2) is 11.0. The van der Waals surface area contributed by atoms with Crippen LogP contribution in [0.5, 0.6) is 11.6 Å². The van der Waals surface area contributed by atoms with E-state index in [2.05, 4.69) is 9.88 Å². The number of aromatic nitrogens is 1. The van der Waals surface area contributed by atoms with E-state index in [1.54, 1.807) is 18.2 Å². The molecule has 1 aromatic heterocycles. The van der Waals surface area contributed by atoms with Crippen LogP contribution in [-0.4, -0.2) is 70.2 Å². The second-order valence-electron chi connectivity index (χ2n) is 8.08. The predicted molar refractivity (Wildman–Crippen MR) is 119 cm³/mol. The number of pyridine rings is 1. The summed E-state index contributed by atoms with van der Waals surface area (Å²) in [5.41, 5.74) is 1.06. The minimum atomic E-state index is -5.08. The van der Waals surface area contributed by atoms with Gasteiger partial charge in [-0.3, -0.25) is 0 Å². The summed E-state index contributed by atoms with van der Waals surface area (Å²) in [4.78, 5) is 15.2. The van der Waals surface area contributed by atoms with Crippen molar-refractivity contribution in [2.75, 3.05) is 26.2 Å². The summed E-state index contributed by atoms with van der Waals surface area (Å²) in [7, 11) is 0. The number of benzene rings is 1. The van der Waals surface area contributed by atoms with E-state index in [1.807, 2.05) is 18.2 Å². The van der Waals surface area contributed by atoms with Crippen LogP contribution in [0.3, 0.4) is 0 Å². The molecule has 1 fully saturated rings. The number of halogens is 5. The van der Waals surface area contributed by atoms with Gasteiger partial charge >= 0.3 is 12.1 Å². The number of carboxylic acid groups (broad SMARTS) is 1. The zero-order valence-electron chi connectivity index (χ0n) is 17.9. The summed E-state index contributed by atoms with van der Waals surface area (Å²) in [5, 5.41) is 18.5. The van der Waals surface area contributed by atoms with Gasteiger partial charge in [0.15, 0.2) is 0 Å². The fourth-order valence-electron chi connectivity index (χ4n) is 3.83. The first-order valence-electron chi connectivity index (χ1n) is 10.4. The number of piperidine rings is 1. The number of aliphatic hydroxyl groups is 1. The molecule has 34 heavy (non-hydrogen) atoms. The first-order chi connectivity index (χ1) is 16.0. The van der Waals surface area contributed by atoms with Gasteiger partial charge in [0.1, 0.15) is 29.2 Å². The van der Waals surface area contributed by atoms with E-state index in [9.17, 15) is 18.3 Å². The van der Waals surface area contributed by atoms with Gasteiger partial charge in [-0.2, -0.15) is 13.2 Å². The molecular formula is C22H23Cl2F3N2O5. The van der Waals surface area contributed by atoms with Crippen molar-refractivity contribution in [2.24, 2.45) is 0 Å². The minimum absolute atomic E-state index is 0.129. The van der Waals surface area contributed by atoms with Crippen molar-refractivity contribution in [3.8, 4) is 11.6 Å². The average molecular weight is 523 g/mol. The maximum Gasteiger partial charge on any atom is 0.490 e. The number of aliphatic hydroxyl groups excluding tert-OH is 1. The van der Waals surface area contributed by atoms with Crippen LogP contribution < -0.4 is 9.47 Å². The van der Waals surface area contributed by atoms with Crippen molar-refractivity contribution in [1.82, 2.24) is 9.88 Å². The zero-order chi connectivity index (χ0) is 24.9. The summed E-state index contributed by atoms with van der Waals surface area (Å²) < 4.78 is 43.5. The Bertz CT molecular complexity index is 1000. The summed E-state index contributed by atoms with van der Waals surface area (Å²) in [6, 6.07) is 11.0. The fraction of sp³-hybridized carbons (Fsp3) is 0.455. The van der Waals surface area contributed by atoms with Crippen molar-refractivity contribution in [2.45, 2.75) is 37.1 Å². The number of fused-ring (bicyclic) bond motifs is 1. The van der Waals surface area contributed by atoms with Crippen LogP contribution >= 0.6 is 23.2 Å². The normalized spacial score (nSPS) is 17.8. The third-order valence-corrected chi connectivity index (χ3v) is 5.90. The van der Waals surface area contributed by atoms with Crippen LogP contribution in [0.4, 0.5) is 13.2 Å². The summed E-state index contributed by atoms with van der Waals surface area (Å²) in [5.74, 6) is -1.38. The molecule has 1 spiro atoms. The van der Waals surface area contributed by atoms with Gasteiger partial charge in [0.2, 0.25) is 5.88 Å². The van der Waals surface area contributed by atoms with E-state index in [0.29, 0.717) is 17.6 Å². The standard InChI is InChI=1S/C20H22Cl2N2O3.C2HF3O2/c21-15-4-5-17-14(10-15)11-20(27-17)6-8-24(9-7-20)12-16(25)13-26-19-3-1-2-18(22)23-19;3-2(4,5)1(6)7/h1-5,10,16,25H,6-9,11-13H2;(H,6,7)/t16-;/m0./s1. The van der Waals surface area contributed by atoms with Crippen LogP contribution in [0.1, 0.15) is 18.4 Å². The minimum Gasteiger partial charge on any atom is -0.487 e. The van der Waals surface area contributed by atoms with Gasteiger partial charge in [-0.25, -0.2) is 9.78 Å². The van der Waals surface area contributed by atoms with E-state index < -0.39 is 18.2 Å². The first kappa shape index (κ1) is 26.3. The molecule has 3 heterocycles. The number of likely N-dealkylation sites (tertiary alicyclic amines) is 1. The number of hydrogen-bond donors (Lipinski definition) is 2. The molecule has 0 radical (unpaired) electrons. The molecule has 7 nitrogen and oxygen atoms in total. The van der Waals surface area contributed by atoms with Crippen molar-refractivity contribution < 1.29 is 37.7 Å². The smallest absolute Gasteiger partial charge is 0.487 e. The number of hydrogen-bond acceptors (Lipinski definition) is 6. The molecular weight excluding hydrogens is 500 g/mol. The molecule has 2 N–H and O–H groups in total. The van der Waals surface area contributed by atoms with E-state index in [4.69, 9.17) is 42.6 Å². The Morgan fingerprint density at radius 3 is 2.53 bits per heavy atom. The molecule has 2 aliphatic heterocycles. The lowest BCUT2D eigenvalue weighted by molar-refractivity contribution is -0.192. The lowest BCUT2D eigenvalue weighted by Gasteiger charge is -2.39. The molecule has 4 rings (SSSR count). The number of β-amino-alcohol motifs (C(OH)–C–C–N with tert-alkyl or cyclic N) is 1. The van der Waals surface area contributed by atoms with Gasteiger partial charge in [-0.15, -0.1) is 0 Å². The van der Waals surface area contributed by atoms with E-state index in [-0.39, 0.29) is 12.2 Å². The number of ether oxygens (including phenoxy) is 2. The Labute approximate surface area is 204 Å². The summed E-state index contributed by atoms with van der Waals surface area (Å²) in [6.07, 6.45) is -2.89. The molecule has 0 bridgehead atoms. The maximum atomic E-state index is 10.6. The number of alkyl halides is 3. The van der Waals surface area contributed by atoms with Crippen molar-refractivity contribution in [3.63, 3.8) is 0 Å². The Balaban J connectivity index is 0.000000406. The third-order valence-electron chi connectivity index (χ3n) is 5.45. The lowest BCUT2D eigenvalue weighted by Crippen LogP contribution is -2.49. The maximum absolute atomic E-state index is 10.6. The number of carbonyl (C=O) groups is 1. The van der Waals surface area contributed by atoms with E-state index >= 15 is 0 Å². The highest BCUT2D eigenvalue weighted by molar-refractivity contribution is 6.30. The lowest BCUT2D eigenvalue weighted by atomic mass is 9.87. The molecule has 12 heteroatoms. The molecule has 0 unspecified atom stereocenters. The Morgan fingerprint density at radius 1 is 1.24 bits per heavy atom. The zero-order valence-corrected chi connectivity index (χ0v) is 19.4. The largest absolute Gasteiger partial charge is 0.490 e. The molecule has 1 aromatic carbocycles. The Kier molecular flexibility index (Phi) is 8.51. The van der Waals surface area contributed by atoms with Gasteiger partial charge in [-0.05, 0) is 29.8 Å². The van der Waals surface area contributed by atoms with Gasteiger partial charge in [0.25, 0.3) is 0 Å². The number of rotatable bonds is 5. The second-order valence-corrected chi connectivity index (χ2v) is 8.90. The fourth-order valence-corrected chi connectivity index (χ4v) is 4.18. The van der Waals surface area contributed by atoms with Crippen LogP contribution in [0.25, 0.3) is 0 Å². The topological polar surface area (TPSA) is 92.1 Å². The Morgan fingerprint density at radius 2 is 1.91 bits per heavy atom. The van der Waals surface area contributed by atoms with E-state index in [1.165, 1.54) is 5.56 Å². The van der Waals surface area contributed by atoms with Crippen LogP contribution in [0.2, 0.25) is 10.2 Å². The SMILES string of the molecule is O=C(O)C(F)(F)F.O[C@H](COc1cccc(Cl)n1)CN1CCC2(CC1)Cc1cc(Cl)ccc1O2. The van der Waals surface area contributed by atoms with Crippen LogP contribution in [0, 0.1) is 0 Å². The van der Waals surface area contributed by atoms with E-state index in [0.717, 1.165) is 43.1 Å². The number of nitrogens with zero attached hydrogens (tertiary/aromatic N) is 2. The molecule has 2 aliphatic rings. The van der Waals surface area contributed by atoms with Crippen LogP contribution in [-0.2, 0) is 11.2 Å². The summed E-state index contributed by atoms with van der Waals surface area (Å²) in [6.45, 7) is 2.52. The predicted octanol–water partition coefficient (Wildman–Crippen LogP) is 4.23. The molecule has 0 saturated carbocycles. The number of aliphatic carboxylic acids is 1. The average Bonchev–Trinajstić information content (AvgIpc) is 3.11. The molecule has 1 saturated heterocycles. The van der Waals surface area contributed by atoms with Gasteiger partial charge in [-0.1, -0.05) is 29.3 Å².